The van der Waals surface area contributed by atoms with Gasteiger partial charge in [0.1, 0.15) is 0 Å². The minimum Gasteiger partial charge on any atom is -0.329 e. The molecule has 0 fully saturated rings. The molecule has 0 aliphatic heterocycles. The molecule has 0 amide bonds. The summed E-state index contributed by atoms with van der Waals surface area (Å²) < 4.78 is 0. The average Bonchev–Trinajstić information content (AvgIpc) is 1.99. The second-order valence-electron chi connectivity index (χ2n) is 5.78. The molecule has 0 aromatic rings. The molecule has 0 saturated carbocycles. The molecule has 0 spiro atoms. The summed E-state index contributed by atoms with van der Waals surface area (Å²) in [4.78, 5) is 2.40. The quantitative estimate of drug-likeness (QED) is 0.738. The highest BCUT2D eigenvalue weighted by Gasteiger charge is 2.26. The molecule has 2 heteroatoms. The Labute approximate surface area is 89.9 Å². The zero-order valence-corrected chi connectivity index (χ0v) is 10.8. The highest BCUT2D eigenvalue weighted by Crippen LogP contribution is 2.23. The van der Waals surface area contributed by atoms with E-state index < -0.39 is 0 Å². The molecule has 0 heterocycles. The molecule has 0 aliphatic rings. The van der Waals surface area contributed by atoms with Crippen LogP contribution in [0.25, 0.3) is 0 Å². The van der Waals surface area contributed by atoms with Crippen LogP contribution in [0.1, 0.15) is 41.0 Å². The Bertz CT molecular complexity index is 147. The van der Waals surface area contributed by atoms with Gasteiger partial charge in [0.25, 0.3) is 0 Å². The zero-order valence-electron chi connectivity index (χ0n) is 10.8. The van der Waals surface area contributed by atoms with Crippen molar-refractivity contribution in [1.29, 1.82) is 0 Å². The van der Waals surface area contributed by atoms with Crippen LogP contribution in [-0.2, 0) is 0 Å². The molecule has 0 bridgehead atoms. The first kappa shape index (κ1) is 13.9. The largest absolute Gasteiger partial charge is 0.329 e. The number of nitrogens with zero attached hydrogens (tertiary/aromatic N) is 1. The number of hydrogen-bond acceptors (Lipinski definition) is 2. The summed E-state index contributed by atoms with van der Waals surface area (Å²) >= 11 is 0. The van der Waals surface area contributed by atoms with Crippen molar-refractivity contribution in [1.82, 2.24) is 4.90 Å². The number of nitrogens with two attached hydrogens (primary N) is 1. The monoisotopic (exact) mass is 200 g/mol. The molecule has 0 aromatic carbocycles. The molecule has 0 rings (SSSR count). The molecule has 0 aliphatic carbocycles. The predicted octanol–water partition coefficient (Wildman–Crippen LogP) is 2.34. The van der Waals surface area contributed by atoms with Crippen LogP contribution in [0, 0.1) is 11.3 Å². The van der Waals surface area contributed by atoms with E-state index in [0.717, 1.165) is 19.0 Å². The van der Waals surface area contributed by atoms with Gasteiger partial charge in [0.2, 0.25) is 0 Å². The third-order valence-corrected chi connectivity index (χ3v) is 2.81. The van der Waals surface area contributed by atoms with E-state index in [2.05, 4.69) is 46.6 Å². The average molecular weight is 200 g/mol. The molecule has 0 aromatic heterocycles. The summed E-state index contributed by atoms with van der Waals surface area (Å²) in [6.07, 6.45) is 1.25. The first-order valence-electron chi connectivity index (χ1n) is 5.69. The number of hydrogen-bond donors (Lipinski definition) is 1. The van der Waals surface area contributed by atoms with E-state index in [9.17, 15) is 0 Å². The molecule has 2 N–H and O–H groups in total. The molecule has 0 radical (unpaired) electrons. The van der Waals surface area contributed by atoms with Gasteiger partial charge in [-0.1, -0.05) is 34.6 Å². The first-order valence-corrected chi connectivity index (χ1v) is 5.69. The molecule has 86 valence electrons. The summed E-state index contributed by atoms with van der Waals surface area (Å²) in [6.45, 7) is 13.2. The van der Waals surface area contributed by atoms with Gasteiger partial charge in [-0.3, -0.25) is 0 Å². The van der Waals surface area contributed by atoms with Crippen molar-refractivity contribution in [2.24, 2.45) is 17.1 Å². The van der Waals surface area contributed by atoms with Crippen LogP contribution in [0.15, 0.2) is 0 Å². The van der Waals surface area contributed by atoms with Crippen molar-refractivity contribution in [3.63, 3.8) is 0 Å². The molecule has 1 unspecified atom stereocenters. The van der Waals surface area contributed by atoms with Gasteiger partial charge >= 0.3 is 0 Å². The number of likely N-dealkylation sites (N-methyl/N-ethyl adjacent to an activating group) is 1. The van der Waals surface area contributed by atoms with Crippen molar-refractivity contribution < 1.29 is 0 Å². The van der Waals surface area contributed by atoms with Crippen molar-refractivity contribution in [3.05, 3.63) is 0 Å². The van der Waals surface area contributed by atoms with Gasteiger partial charge in [-0.2, -0.15) is 0 Å². The second kappa shape index (κ2) is 5.72. The summed E-state index contributed by atoms with van der Waals surface area (Å²) in [7, 11) is 2.19. The summed E-state index contributed by atoms with van der Waals surface area (Å²) in [5, 5.41) is 0. The lowest BCUT2D eigenvalue weighted by atomic mass is 9.85. The van der Waals surface area contributed by atoms with Crippen LogP contribution >= 0.6 is 0 Å². The standard InChI is InChI=1S/C12H28N2/c1-10(2)7-8-14(6)11(9-13)12(3,4)5/h10-11H,7-9,13H2,1-6H3. The van der Waals surface area contributed by atoms with Gasteiger partial charge < -0.3 is 10.6 Å². The van der Waals surface area contributed by atoms with E-state index in [0.29, 0.717) is 6.04 Å². The van der Waals surface area contributed by atoms with Crippen LogP contribution in [0.5, 0.6) is 0 Å². The zero-order chi connectivity index (χ0) is 11.4. The normalized spacial score (nSPS) is 15.2. The maximum atomic E-state index is 5.82. The predicted molar refractivity (Wildman–Crippen MR) is 64.4 cm³/mol. The van der Waals surface area contributed by atoms with Crippen LogP contribution < -0.4 is 5.73 Å². The lowest BCUT2D eigenvalue weighted by Gasteiger charge is -2.37. The van der Waals surface area contributed by atoms with E-state index in [1.165, 1.54) is 6.42 Å². The fraction of sp³-hybridized carbons (Fsp3) is 1.00. The Balaban J connectivity index is 4.12. The van der Waals surface area contributed by atoms with E-state index in [1.807, 2.05) is 0 Å². The third kappa shape index (κ3) is 4.97. The second-order valence-corrected chi connectivity index (χ2v) is 5.78. The van der Waals surface area contributed by atoms with Crippen LogP contribution in [-0.4, -0.2) is 31.1 Å². The molecule has 1 atom stereocenters. The van der Waals surface area contributed by atoms with Gasteiger partial charge in [0.15, 0.2) is 0 Å². The summed E-state index contributed by atoms with van der Waals surface area (Å²) in [6, 6.07) is 0.487. The molecule has 0 saturated heterocycles. The highest BCUT2D eigenvalue weighted by molar-refractivity contribution is 4.82. The van der Waals surface area contributed by atoms with Gasteiger partial charge in [0, 0.05) is 12.6 Å². The van der Waals surface area contributed by atoms with Gasteiger partial charge in [-0.25, -0.2) is 0 Å². The summed E-state index contributed by atoms with van der Waals surface area (Å²) in [5.74, 6) is 0.774. The third-order valence-electron chi connectivity index (χ3n) is 2.81. The Morgan fingerprint density at radius 3 is 2.00 bits per heavy atom. The van der Waals surface area contributed by atoms with E-state index in [1.54, 1.807) is 0 Å². The fourth-order valence-corrected chi connectivity index (χ4v) is 1.81. The number of rotatable bonds is 5. The van der Waals surface area contributed by atoms with Gasteiger partial charge in [0.05, 0.1) is 0 Å². The molecular weight excluding hydrogens is 172 g/mol. The van der Waals surface area contributed by atoms with Gasteiger partial charge in [-0.15, -0.1) is 0 Å². The van der Waals surface area contributed by atoms with Crippen molar-refractivity contribution >= 4 is 0 Å². The highest BCUT2D eigenvalue weighted by atomic mass is 15.1. The van der Waals surface area contributed by atoms with Crippen molar-refractivity contribution in [3.8, 4) is 0 Å². The lowest BCUT2D eigenvalue weighted by Crippen LogP contribution is -2.47. The fourth-order valence-electron chi connectivity index (χ4n) is 1.81. The first-order chi connectivity index (χ1) is 6.29. The van der Waals surface area contributed by atoms with Gasteiger partial charge in [-0.05, 0) is 31.3 Å². The smallest absolute Gasteiger partial charge is 0.0263 e. The Morgan fingerprint density at radius 1 is 1.21 bits per heavy atom. The Kier molecular flexibility index (Phi) is 5.68. The van der Waals surface area contributed by atoms with E-state index in [-0.39, 0.29) is 5.41 Å². The lowest BCUT2D eigenvalue weighted by molar-refractivity contribution is 0.127. The minimum absolute atomic E-state index is 0.278. The van der Waals surface area contributed by atoms with Crippen LogP contribution in [0.2, 0.25) is 0 Å². The Hall–Kier alpha value is -0.0800. The van der Waals surface area contributed by atoms with Crippen LogP contribution in [0.3, 0.4) is 0 Å². The molecule has 2 nitrogen and oxygen atoms in total. The van der Waals surface area contributed by atoms with E-state index in [4.69, 9.17) is 5.73 Å². The molecule has 14 heavy (non-hydrogen) atoms. The van der Waals surface area contributed by atoms with E-state index >= 15 is 0 Å². The van der Waals surface area contributed by atoms with Crippen molar-refractivity contribution in [2.45, 2.75) is 47.1 Å². The minimum atomic E-state index is 0.278. The van der Waals surface area contributed by atoms with Crippen molar-refractivity contribution in [2.75, 3.05) is 20.1 Å². The Morgan fingerprint density at radius 2 is 1.71 bits per heavy atom. The molecular formula is C12H28N2. The maximum Gasteiger partial charge on any atom is 0.0263 e. The maximum absolute atomic E-state index is 5.82. The topological polar surface area (TPSA) is 29.3 Å². The SMILES string of the molecule is CC(C)CCN(C)C(CN)C(C)(C)C. The summed E-state index contributed by atoms with van der Waals surface area (Å²) in [5.41, 5.74) is 6.10. The van der Waals surface area contributed by atoms with Crippen LogP contribution in [0.4, 0.5) is 0 Å².